The largest absolute Gasteiger partial charge is 0.495 e. The minimum absolute atomic E-state index is 0.537. The highest BCUT2D eigenvalue weighted by Crippen LogP contribution is 2.21. The fourth-order valence-corrected chi connectivity index (χ4v) is 2.83. The Morgan fingerprint density at radius 1 is 1.40 bits per heavy atom. The van der Waals surface area contributed by atoms with Crippen LogP contribution < -0.4 is 4.74 Å². The van der Waals surface area contributed by atoms with Crippen molar-refractivity contribution in [3.8, 4) is 11.8 Å². The van der Waals surface area contributed by atoms with E-state index in [2.05, 4.69) is 35.9 Å². The van der Waals surface area contributed by atoms with E-state index in [0.717, 1.165) is 26.2 Å². The van der Waals surface area contributed by atoms with Gasteiger partial charge >= 0.3 is 0 Å². The van der Waals surface area contributed by atoms with Gasteiger partial charge in [0.2, 0.25) is 0 Å². The second-order valence-corrected chi connectivity index (χ2v) is 5.58. The van der Waals surface area contributed by atoms with Gasteiger partial charge in [-0.15, -0.1) is 0 Å². The second-order valence-electron chi connectivity index (χ2n) is 5.58. The molecular weight excluding hydrogens is 250 g/mol. The van der Waals surface area contributed by atoms with E-state index in [9.17, 15) is 0 Å². The zero-order valence-corrected chi connectivity index (χ0v) is 12.6. The van der Waals surface area contributed by atoms with E-state index >= 15 is 0 Å². The van der Waals surface area contributed by atoms with Crippen LogP contribution in [-0.4, -0.2) is 49.6 Å². The lowest BCUT2D eigenvalue weighted by Crippen LogP contribution is -2.37. The van der Waals surface area contributed by atoms with Crippen molar-refractivity contribution in [3.05, 3.63) is 29.3 Å². The molecule has 1 unspecified atom stereocenters. The van der Waals surface area contributed by atoms with Gasteiger partial charge in [-0.05, 0) is 44.6 Å². The number of ether oxygens (including phenoxy) is 1. The summed E-state index contributed by atoms with van der Waals surface area (Å²) in [6, 6.07) is 8.63. The molecule has 4 nitrogen and oxygen atoms in total. The van der Waals surface area contributed by atoms with Crippen molar-refractivity contribution in [3.63, 3.8) is 0 Å². The smallest absolute Gasteiger partial charge is 0.136 e. The van der Waals surface area contributed by atoms with Crippen LogP contribution in [0.15, 0.2) is 18.2 Å². The Balaban J connectivity index is 2.11. The molecule has 0 radical (unpaired) electrons. The Labute approximate surface area is 121 Å². The van der Waals surface area contributed by atoms with E-state index in [-0.39, 0.29) is 0 Å². The van der Waals surface area contributed by atoms with Crippen LogP contribution in [0.4, 0.5) is 0 Å². The molecular formula is C16H23N3O. The van der Waals surface area contributed by atoms with Crippen LogP contribution in [0.5, 0.6) is 5.75 Å². The highest BCUT2D eigenvalue weighted by Gasteiger charge is 2.19. The Hall–Kier alpha value is -1.57. The number of nitrogens with zero attached hydrogens (tertiary/aromatic N) is 3. The van der Waals surface area contributed by atoms with Crippen molar-refractivity contribution >= 4 is 0 Å². The summed E-state index contributed by atoms with van der Waals surface area (Å²) in [5.41, 5.74) is 1.79. The third-order valence-corrected chi connectivity index (χ3v) is 3.95. The van der Waals surface area contributed by atoms with Crippen LogP contribution in [0, 0.1) is 11.3 Å². The number of rotatable bonds is 3. The summed E-state index contributed by atoms with van der Waals surface area (Å²) in [5.74, 6) is 0.653. The average Bonchev–Trinajstić information content (AvgIpc) is 2.60. The van der Waals surface area contributed by atoms with Crippen molar-refractivity contribution < 1.29 is 4.74 Å². The summed E-state index contributed by atoms with van der Waals surface area (Å²) < 4.78 is 5.19. The first-order valence-electron chi connectivity index (χ1n) is 7.13. The van der Waals surface area contributed by atoms with Gasteiger partial charge in [-0.1, -0.05) is 6.07 Å². The standard InChI is InChI=1S/C16H23N3O/c1-13-11-18(2)7-4-8-19(13)12-14-5-6-16(20-3)15(9-14)10-17/h5-6,9,13H,4,7-8,11-12H2,1-3H3. The predicted octanol–water partition coefficient (Wildman–Crippen LogP) is 2.09. The summed E-state index contributed by atoms with van der Waals surface area (Å²) in [7, 11) is 3.78. The lowest BCUT2D eigenvalue weighted by Gasteiger charge is -2.28. The van der Waals surface area contributed by atoms with Gasteiger partial charge in [-0.25, -0.2) is 0 Å². The van der Waals surface area contributed by atoms with E-state index in [0.29, 0.717) is 17.4 Å². The molecule has 20 heavy (non-hydrogen) atoms. The van der Waals surface area contributed by atoms with Crippen molar-refractivity contribution in [1.29, 1.82) is 5.26 Å². The van der Waals surface area contributed by atoms with E-state index in [1.165, 1.54) is 12.0 Å². The van der Waals surface area contributed by atoms with Crippen molar-refractivity contribution in [2.45, 2.75) is 25.9 Å². The summed E-state index contributed by atoms with van der Waals surface area (Å²) in [4.78, 5) is 4.88. The highest BCUT2D eigenvalue weighted by atomic mass is 16.5. The minimum atomic E-state index is 0.537. The van der Waals surface area contributed by atoms with E-state index < -0.39 is 0 Å². The van der Waals surface area contributed by atoms with E-state index in [4.69, 9.17) is 10.00 Å². The summed E-state index contributed by atoms with van der Waals surface area (Å²) in [5, 5.41) is 9.16. The van der Waals surface area contributed by atoms with Crippen molar-refractivity contribution in [2.75, 3.05) is 33.8 Å². The normalized spacial score (nSPS) is 21.2. The first-order chi connectivity index (χ1) is 9.63. The molecule has 0 spiro atoms. The topological polar surface area (TPSA) is 39.5 Å². The van der Waals surface area contributed by atoms with Gasteiger partial charge in [0.15, 0.2) is 0 Å². The van der Waals surface area contributed by atoms with E-state index in [1.807, 2.05) is 12.1 Å². The van der Waals surface area contributed by atoms with E-state index in [1.54, 1.807) is 7.11 Å². The van der Waals surface area contributed by atoms with Crippen LogP contribution >= 0.6 is 0 Å². The number of hydrogen-bond donors (Lipinski definition) is 0. The van der Waals surface area contributed by atoms with Crippen LogP contribution in [0.25, 0.3) is 0 Å². The summed E-state index contributed by atoms with van der Waals surface area (Å²) in [6.07, 6.45) is 1.20. The number of benzene rings is 1. The number of methoxy groups -OCH3 is 1. The Morgan fingerprint density at radius 2 is 2.20 bits per heavy atom. The van der Waals surface area contributed by atoms with Crippen LogP contribution in [0.1, 0.15) is 24.5 Å². The lowest BCUT2D eigenvalue weighted by molar-refractivity contribution is 0.194. The maximum atomic E-state index is 9.16. The molecule has 0 amide bonds. The van der Waals surface area contributed by atoms with Gasteiger partial charge in [-0.2, -0.15) is 5.26 Å². The van der Waals surface area contributed by atoms with Gasteiger partial charge < -0.3 is 9.64 Å². The molecule has 0 saturated carbocycles. The zero-order chi connectivity index (χ0) is 14.5. The third-order valence-electron chi connectivity index (χ3n) is 3.95. The quantitative estimate of drug-likeness (QED) is 0.845. The first-order valence-corrected chi connectivity index (χ1v) is 7.13. The van der Waals surface area contributed by atoms with Gasteiger partial charge in [0.25, 0.3) is 0 Å². The minimum Gasteiger partial charge on any atom is -0.495 e. The maximum absolute atomic E-state index is 9.16. The zero-order valence-electron chi connectivity index (χ0n) is 12.6. The predicted molar refractivity (Wildman–Crippen MR) is 79.7 cm³/mol. The highest BCUT2D eigenvalue weighted by molar-refractivity contribution is 5.45. The molecule has 1 aliphatic heterocycles. The molecule has 108 valence electrons. The molecule has 1 aliphatic rings. The molecule has 0 N–H and O–H groups in total. The van der Waals surface area contributed by atoms with Crippen LogP contribution in [0.2, 0.25) is 0 Å². The van der Waals surface area contributed by atoms with Gasteiger partial charge in [0.1, 0.15) is 11.8 Å². The Kier molecular flexibility index (Phi) is 4.99. The summed E-state index contributed by atoms with van der Waals surface area (Å²) >= 11 is 0. The molecule has 0 aromatic heterocycles. The molecule has 0 aliphatic carbocycles. The fourth-order valence-electron chi connectivity index (χ4n) is 2.83. The third kappa shape index (κ3) is 3.50. The molecule has 1 heterocycles. The molecule has 2 rings (SSSR count). The fraction of sp³-hybridized carbons (Fsp3) is 0.562. The maximum Gasteiger partial charge on any atom is 0.136 e. The second kappa shape index (κ2) is 6.74. The van der Waals surface area contributed by atoms with Gasteiger partial charge in [-0.3, -0.25) is 4.90 Å². The SMILES string of the molecule is COc1ccc(CN2CCCN(C)CC2C)cc1C#N. The molecule has 0 bridgehead atoms. The van der Waals surface area contributed by atoms with Crippen molar-refractivity contribution in [2.24, 2.45) is 0 Å². The molecule has 1 fully saturated rings. The molecule has 1 saturated heterocycles. The molecule has 1 aromatic carbocycles. The lowest BCUT2D eigenvalue weighted by atomic mass is 10.1. The Bertz CT molecular complexity index is 495. The molecule has 1 aromatic rings. The van der Waals surface area contributed by atoms with Crippen LogP contribution in [0.3, 0.4) is 0 Å². The Morgan fingerprint density at radius 3 is 2.90 bits per heavy atom. The molecule has 1 atom stereocenters. The number of likely N-dealkylation sites (N-methyl/N-ethyl adjacent to an activating group) is 1. The first kappa shape index (κ1) is 14.8. The average molecular weight is 273 g/mol. The van der Waals surface area contributed by atoms with Gasteiger partial charge in [0.05, 0.1) is 12.7 Å². The van der Waals surface area contributed by atoms with Crippen molar-refractivity contribution in [1.82, 2.24) is 9.80 Å². The van der Waals surface area contributed by atoms with Crippen LogP contribution in [-0.2, 0) is 6.54 Å². The monoisotopic (exact) mass is 273 g/mol. The summed E-state index contributed by atoms with van der Waals surface area (Å²) in [6.45, 7) is 6.54. The molecule has 4 heteroatoms. The number of nitriles is 1. The number of hydrogen-bond acceptors (Lipinski definition) is 4. The van der Waals surface area contributed by atoms with Gasteiger partial charge in [0, 0.05) is 25.7 Å².